The van der Waals surface area contributed by atoms with E-state index in [0.29, 0.717) is 5.69 Å². The Morgan fingerprint density at radius 3 is 2.62 bits per heavy atom. The van der Waals surface area contributed by atoms with Gasteiger partial charge in [-0.3, -0.25) is 9.78 Å². The second-order valence-corrected chi connectivity index (χ2v) is 2.87. The van der Waals surface area contributed by atoms with Crippen LogP contribution in [0, 0.1) is 0 Å². The molecule has 0 spiro atoms. The molecule has 0 radical (unpaired) electrons. The van der Waals surface area contributed by atoms with E-state index in [1.54, 1.807) is 6.20 Å². The molecular weight excluding hydrogens is 164 g/mol. The van der Waals surface area contributed by atoms with Crippen molar-refractivity contribution in [1.82, 2.24) is 4.98 Å². The van der Waals surface area contributed by atoms with Gasteiger partial charge in [-0.1, -0.05) is 13.8 Å². The van der Waals surface area contributed by atoms with Crippen molar-refractivity contribution in [3.8, 4) is 0 Å². The second-order valence-electron chi connectivity index (χ2n) is 2.87. The highest BCUT2D eigenvalue weighted by Crippen LogP contribution is 2.13. The van der Waals surface area contributed by atoms with Crippen LogP contribution in [0.2, 0.25) is 0 Å². The zero-order valence-corrected chi connectivity index (χ0v) is 8.00. The fourth-order valence-electron chi connectivity index (χ4n) is 1.47. The zero-order chi connectivity index (χ0) is 9.84. The minimum absolute atomic E-state index is 0.418. The summed E-state index contributed by atoms with van der Waals surface area (Å²) in [6.45, 7) is 4.06. The monoisotopic (exact) mass is 178 g/mol. The molecule has 3 nitrogen and oxygen atoms in total. The number of aryl methyl sites for hydroxylation is 1. The summed E-state index contributed by atoms with van der Waals surface area (Å²) in [5.74, 6) is -0.438. The first kappa shape index (κ1) is 9.71. The third-order valence-electron chi connectivity index (χ3n) is 2.12. The molecule has 2 N–H and O–H groups in total. The summed E-state index contributed by atoms with van der Waals surface area (Å²) in [7, 11) is 0. The van der Waals surface area contributed by atoms with Gasteiger partial charge < -0.3 is 5.73 Å². The Bertz CT molecular complexity index is 321. The summed E-state index contributed by atoms with van der Waals surface area (Å²) in [6.07, 6.45) is 3.35. The predicted molar refractivity (Wildman–Crippen MR) is 51.5 cm³/mol. The number of nitrogens with zero attached hydrogens (tertiary/aromatic N) is 1. The van der Waals surface area contributed by atoms with E-state index in [4.69, 9.17) is 5.73 Å². The molecule has 0 aliphatic carbocycles. The molecule has 0 saturated carbocycles. The van der Waals surface area contributed by atoms with Gasteiger partial charge in [0.1, 0.15) is 5.69 Å². The lowest BCUT2D eigenvalue weighted by atomic mass is 10.0. The molecule has 3 heteroatoms. The standard InChI is InChI=1S/C10H14N2O/c1-3-7-5-6-12-9(10(11)13)8(7)4-2/h5-6H,3-4H2,1-2H3,(H2,11,13). The fourth-order valence-corrected chi connectivity index (χ4v) is 1.47. The molecule has 0 atom stereocenters. The van der Waals surface area contributed by atoms with E-state index in [-0.39, 0.29) is 0 Å². The second kappa shape index (κ2) is 4.03. The summed E-state index contributed by atoms with van der Waals surface area (Å²) in [4.78, 5) is 15.0. The molecule has 0 aliphatic heterocycles. The molecule has 0 bridgehead atoms. The lowest BCUT2D eigenvalue weighted by molar-refractivity contribution is 0.0994. The smallest absolute Gasteiger partial charge is 0.267 e. The van der Waals surface area contributed by atoms with Gasteiger partial charge in [0.05, 0.1) is 0 Å². The van der Waals surface area contributed by atoms with Gasteiger partial charge >= 0.3 is 0 Å². The van der Waals surface area contributed by atoms with E-state index < -0.39 is 5.91 Å². The summed E-state index contributed by atoms with van der Waals surface area (Å²) in [6, 6.07) is 1.94. The quantitative estimate of drug-likeness (QED) is 0.758. The first-order chi connectivity index (χ1) is 6.20. The molecule has 1 amide bonds. The topological polar surface area (TPSA) is 56.0 Å². The number of carbonyl (C=O) groups is 1. The van der Waals surface area contributed by atoms with Crippen LogP contribution in [0.15, 0.2) is 12.3 Å². The van der Waals surface area contributed by atoms with Crippen molar-refractivity contribution in [2.75, 3.05) is 0 Å². The van der Waals surface area contributed by atoms with E-state index in [2.05, 4.69) is 11.9 Å². The highest BCUT2D eigenvalue weighted by atomic mass is 16.1. The van der Waals surface area contributed by atoms with Crippen molar-refractivity contribution in [2.24, 2.45) is 5.73 Å². The lowest BCUT2D eigenvalue weighted by Gasteiger charge is -2.07. The van der Waals surface area contributed by atoms with Gasteiger partial charge in [-0.2, -0.15) is 0 Å². The van der Waals surface area contributed by atoms with Crippen molar-refractivity contribution >= 4 is 5.91 Å². The number of pyridine rings is 1. The summed E-state index contributed by atoms with van der Waals surface area (Å²) < 4.78 is 0. The molecule has 1 aromatic heterocycles. The van der Waals surface area contributed by atoms with Crippen LogP contribution in [0.5, 0.6) is 0 Å². The SMILES string of the molecule is CCc1ccnc(C(N)=O)c1CC. The van der Waals surface area contributed by atoms with Crippen LogP contribution < -0.4 is 5.73 Å². The molecule has 0 saturated heterocycles. The molecule has 0 aliphatic rings. The van der Waals surface area contributed by atoms with Crippen molar-refractivity contribution in [3.63, 3.8) is 0 Å². The van der Waals surface area contributed by atoms with Gasteiger partial charge in [0.15, 0.2) is 0 Å². The van der Waals surface area contributed by atoms with Crippen molar-refractivity contribution in [2.45, 2.75) is 26.7 Å². The predicted octanol–water partition coefficient (Wildman–Crippen LogP) is 1.31. The van der Waals surface area contributed by atoms with E-state index in [1.807, 2.05) is 13.0 Å². The first-order valence-corrected chi connectivity index (χ1v) is 4.47. The van der Waals surface area contributed by atoms with Crippen LogP contribution in [0.1, 0.15) is 35.5 Å². The maximum atomic E-state index is 11.0. The maximum absolute atomic E-state index is 11.0. The Kier molecular flexibility index (Phi) is 3.01. The van der Waals surface area contributed by atoms with Gasteiger partial charge in [0, 0.05) is 6.20 Å². The van der Waals surface area contributed by atoms with Crippen LogP contribution in [0.3, 0.4) is 0 Å². The molecule has 0 aromatic carbocycles. The summed E-state index contributed by atoms with van der Waals surface area (Å²) >= 11 is 0. The molecule has 0 fully saturated rings. The summed E-state index contributed by atoms with van der Waals surface area (Å²) in [5.41, 5.74) is 7.77. The minimum atomic E-state index is -0.438. The highest BCUT2D eigenvalue weighted by Gasteiger charge is 2.10. The number of nitrogens with two attached hydrogens (primary N) is 1. The molecular formula is C10H14N2O. The average molecular weight is 178 g/mol. The molecule has 70 valence electrons. The van der Waals surface area contributed by atoms with Crippen molar-refractivity contribution in [3.05, 3.63) is 29.1 Å². The first-order valence-electron chi connectivity index (χ1n) is 4.47. The van der Waals surface area contributed by atoms with E-state index >= 15 is 0 Å². The Balaban J connectivity index is 3.27. The van der Waals surface area contributed by atoms with E-state index in [9.17, 15) is 4.79 Å². The van der Waals surface area contributed by atoms with Crippen LogP contribution in [0.4, 0.5) is 0 Å². The normalized spacial score (nSPS) is 10.0. The van der Waals surface area contributed by atoms with E-state index in [0.717, 1.165) is 24.0 Å². The number of primary amides is 1. The number of amides is 1. The highest BCUT2D eigenvalue weighted by molar-refractivity contribution is 5.92. The zero-order valence-electron chi connectivity index (χ0n) is 8.00. The van der Waals surface area contributed by atoms with Crippen LogP contribution >= 0.6 is 0 Å². The Hall–Kier alpha value is -1.38. The molecule has 0 unspecified atom stereocenters. The van der Waals surface area contributed by atoms with Gasteiger partial charge in [0.2, 0.25) is 0 Å². The van der Waals surface area contributed by atoms with Gasteiger partial charge in [-0.05, 0) is 30.0 Å². The van der Waals surface area contributed by atoms with Crippen molar-refractivity contribution in [1.29, 1.82) is 0 Å². The van der Waals surface area contributed by atoms with Crippen LogP contribution in [-0.2, 0) is 12.8 Å². The Labute approximate surface area is 78.0 Å². The maximum Gasteiger partial charge on any atom is 0.267 e. The molecule has 13 heavy (non-hydrogen) atoms. The Morgan fingerprint density at radius 1 is 1.46 bits per heavy atom. The number of hydrogen-bond donors (Lipinski definition) is 1. The molecule has 1 rings (SSSR count). The fraction of sp³-hybridized carbons (Fsp3) is 0.400. The van der Waals surface area contributed by atoms with E-state index in [1.165, 1.54) is 0 Å². The van der Waals surface area contributed by atoms with Crippen LogP contribution in [0.25, 0.3) is 0 Å². The van der Waals surface area contributed by atoms with Gasteiger partial charge in [-0.25, -0.2) is 0 Å². The Morgan fingerprint density at radius 2 is 2.15 bits per heavy atom. The van der Waals surface area contributed by atoms with Gasteiger partial charge in [-0.15, -0.1) is 0 Å². The van der Waals surface area contributed by atoms with Crippen molar-refractivity contribution < 1.29 is 4.79 Å². The lowest BCUT2D eigenvalue weighted by Crippen LogP contribution is -2.16. The number of aromatic nitrogens is 1. The average Bonchev–Trinajstić information content (AvgIpc) is 2.16. The van der Waals surface area contributed by atoms with Crippen LogP contribution in [-0.4, -0.2) is 10.9 Å². The third-order valence-corrected chi connectivity index (χ3v) is 2.12. The van der Waals surface area contributed by atoms with Gasteiger partial charge in [0.25, 0.3) is 5.91 Å². The summed E-state index contributed by atoms with van der Waals surface area (Å²) in [5, 5.41) is 0. The number of hydrogen-bond acceptors (Lipinski definition) is 2. The minimum Gasteiger partial charge on any atom is -0.364 e. The third kappa shape index (κ3) is 1.86. The molecule has 1 aromatic rings. The number of rotatable bonds is 3. The molecule has 1 heterocycles. The largest absolute Gasteiger partial charge is 0.364 e. The number of carbonyl (C=O) groups excluding carboxylic acids is 1.